The largest absolute Gasteiger partial charge is 0.472 e. The maximum atomic E-state index is 13.0. The maximum absolute atomic E-state index is 13.0. The van der Waals surface area contributed by atoms with Gasteiger partial charge in [0.25, 0.3) is 5.91 Å². The summed E-state index contributed by atoms with van der Waals surface area (Å²) in [7, 11) is 0. The lowest BCUT2D eigenvalue weighted by atomic mass is 10.0. The fraction of sp³-hybridized carbons (Fsp3) is 0.300. The van der Waals surface area contributed by atoms with E-state index < -0.39 is 0 Å². The van der Waals surface area contributed by atoms with E-state index in [1.54, 1.807) is 12.2 Å². The number of carbonyl (C=O) groups is 1. The monoisotopic (exact) mass is 337 g/mol. The second kappa shape index (κ2) is 7.38. The van der Waals surface area contributed by atoms with Crippen LogP contribution in [0.4, 0.5) is 0 Å². The van der Waals surface area contributed by atoms with Crippen LogP contribution in [-0.4, -0.2) is 40.3 Å². The van der Waals surface area contributed by atoms with E-state index in [9.17, 15) is 4.79 Å². The maximum Gasteiger partial charge on any atom is 0.254 e. The zero-order chi connectivity index (χ0) is 17.8. The van der Waals surface area contributed by atoms with Crippen molar-refractivity contribution in [2.24, 2.45) is 0 Å². The molecular formula is C20H23N3O2. The number of rotatable bonds is 5. The second-order valence-corrected chi connectivity index (χ2v) is 6.04. The molecule has 3 rings (SSSR count). The summed E-state index contributed by atoms with van der Waals surface area (Å²) in [5.41, 5.74) is 3.47. The number of amides is 1. The number of aromatic nitrogens is 2. The lowest BCUT2D eigenvalue weighted by Gasteiger charge is -2.21. The van der Waals surface area contributed by atoms with Gasteiger partial charge in [-0.1, -0.05) is 36.9 Å². The molecule has 2 heterocycles. The molecule has 1 aliphatic heterocycles. The third kappa shape index (κ3) is 3.22. The average molecular weight is 337 g/mol. The van der Waals surface area contributed by atoms with E-state index in [0.29, 0.717) is 31.1 Å². The van der Waals surface area contributed by atoms with Crippen molar-refractivity contribution >= 4 is 5.91 Å². The number of fused-ring (bicyclic) bond motifs is 3. The van der Waals surface area contributed by atoms with Crippen LogP contribution in [0.25, 0.3) is 11.3 Å². The van der Waals surface area contributed by atoms with E-state index in [4.69, 9.17) is 4.74 Å². The van der Waals surface area contributed by atoms with E-state index in [1.807, 2.05) is 40.8 Å². The molecule has 0 fully saturated rings. The molecule has 1 aromatic heterocycles. The Labute approximate surface area is 148 Å². The smallest absolute Gasteiger partial charge is 0.254 e. The first-order valence-corrected chi connectivity index (χ1v) is 8.48. The Kier molecular flexibility index (Phi) is 5.03. The molecule has 0 spiro atoms. The Bertz CT molecular complexity index is 807. The quantitative estimate of drug-likeness (QED) is 0.785. The van der Waals surface area contributed by atoms with Crippen LogP contribution in [0.1, 0.15) is 22.3 Å². The van der Waals surface area contributed by atoms with Crippen molar-refractivity contribution in [3.8, 4) is 17.1 Å². The number of nitrogens with zero attached hydrogens (tertiary/aromatic N) is 3. The van der Waals surface area contributed by atoms with Gasteiger partial charge in [-0.25, -0.2) is 0 Å². The molecule has 0 saturated carbocycles. The van der Waals surface area contributed by atoms with Gasteiger partial charge >= 0.3 is 0 Å². The minimum absolute atomic E-state index is 0.0260. The van der Waals surface area contributed by atoms with Gasteiger partial charge in [-0.15, -0.1) is 11.7 Å². The fourth-order valence-corrected chi connectivity index (χ4v) is 3.20. The third-order valence-corrected chi connectivity index (χ3v) is 4.33. The Hall–Kier alpha value is -2.82. The first-order valence-electron chi connectivity index (χ1n) is 8.48. The van der Waals surface area contributed by atoms with Gasteiger partial charge in [0, 0.05) is 36.3 Å². The zero-order valence-electron chi connectivity index (χ0n) is 14.6. The highest BCUT2D eigenvalue weighted by Gasteiger charge is 2.25. The Morgan fingerprint density at radius 1 is 1.20 bits per heavy atom. The van der Waals surface area contributed by atoms with Gasteiger partial charge < -0.3 is 9.64 Å². The summed E-state index contributed by atoms with van der Waals surface area (Å²) >= 11 is 0. The molecule has 0 bridgehead atoms. The summed E-state index contributed by atoms with van der Waals surface area (Å²) in [4.78, 5) is 14.9. The van der Waals surface area contributed by atoms with E-state index >= 15 is 0 Å². The van der Waals surface area contributed by atoms with Crippen molar-refractivity contribution in [3.63, 3.8) is 0 Å². The van der Waals surface area contributed by atoms with Crippen molar-refractivity contribution in [3.05, 3.63) is 60.7 Å². The standard InChI is InChI=1S/C20H23N3O2/c1-4-11-22-12-8-13-23-18(15(3)19(21-23)25-14-5-2)16-9-6-7-10-17(16)20(22)24/h4-7,9-10H,1-2,8,11-14H2,3H3. The number of ether oxygens (including phenoxy) is 1. The normalized spacial score (nSPS) is 14.0. The summed E-state index contributed by atoms with van der Waals surface area (Å²) in [5, 5.41) is 4.62. The van der Waals surface area contributed by atoms with Gasteiger partial charge in [0.1, 0.15) is 6.61 Å². The van der Waals surface area contributed by atoms with Gasteiger partial charge in [0.05, 0.1) is 5.69 Å². The van der Waals surface area contributed by atoms with Crippen LogP contribution < -0.4 is 4.74 Å². The molecular weight excluding hydrogens is 314 g/mol. The Morgan fingerprint density at radius 3 is 2.68 bits per heavy atom. The van der Waals surface area contributed by atoms with Crippen molar-refractivity contribution in [1.29, 1.82) is 0 Å². The minimum atomic E-state index is 0.0260. The van der Waals surface area contributed by atoms with Crippen LogP contribution in [0.15, 0.2) is 49.6 Å². The summed E-state index contributed by atoms with van der Waals surface area (Å²) in [6.07, 6.45) is 4.29. The number of benzene rings is 1. The lowest BCUT2D eigenvalue weighted by Crippen LogP contribution is -2.32. The molecule has 2 aromatic rings. The van der Waals surface area contributed by atoms with Crippen LogP contribution in [-0.2, 0) is 6.54 Å². The lowest BCUT2D eigenvalue weighted by molar-refractivity contribution is 0.0772. The van der Waals surface area contributed by atoms with Crippen molar-refractivity contribution in [2.75, 3.05) is 19.7 Å². The Balaban J connectivity index is 2.14. The predicted octanol–water partition coefficient (Wildman–Crippen LogP) is 3.46. The molecule has 0 radical (unpaired) electrons. The van der Waals surface area contributed by atoms with Gasteiger partial charge in [0.2, 0.25) is 5.88 Å². The van der Waals surface area contributed by atoms with Crippen LogP contribution in [0.2, 0.25) is 0 Å². The molecule has 0 aliphatic carbocycles. The summed E-state index contributed by atoms with van der Waals surface area (Å²) < 4.78 is 7.65. The number of hydrogen-bond acceptors (Lipinski definition) is 3. The third-order valence-electron chi connectivity index (χ3n) is 4.33. The molecule has 5 nitrogen and oxygen atoms in total. The average Bonchev–Trinajstić information content (AvgIpc) is 2.95. The molecule has 1 aliphatic rings. The summed E-state index contributed by atoms with van der Waals surface area (Å²) in [6.45, 7) is 11.8. The molecule has 1 amide bonds. The van der Waals surface area contributed by atoms with Crippen molar-refractivity contribution < 1.29 is 9.53 Å². The minimum Gasteiger partial charge on any atom is -0.472 e. The molecule has 1 aromatic carbocycles. The van der Waals surface area contributed by atoms with E-state index in [0.717, 1.165) is 29.8 Å². The first-order chi connectivity index (χ1) is 12.2. The second-order valence-electron chi connectivity index (χ2n) is 6.04. The van der Waals surface area contributed by atoms with Crippen LogP contribution in [0, 0.1) is 6.92 Å². The van der Waals surface area contributed by atoms with Crippen molar-refractivity contribution in [2.45, 2.75) is 19.9 Å². The molecule has 0 N–H and O–H groups in total. The van der Waals surface area contributed by atoms with Crippen LogP contribution in [0.5, 0.6) is 5.88 Å². The molecule has 0 unspecified atom stereocenters. The number of carbonyl (C=O) groups excluding carboxylic acids is 1. The zero-order valence-corrected chi connectivity index (χ0v) is 14.6. The molecule has 25 heavy (non-hydrogen) atoms. The van der Waals surface area contributed by atoms with E-state index in [1.165, 1.54) is 0 Å². The predicted molar refractivity (Wildman–Crippen MR) is 98.8 cm³/mol. The van der Waals surface area contributed by atoms with Gasteiger partial charge in [-0.3, -0.25) is 9.48 Å². The van der Waals surface area contributed by atoms with Gasteiger partial charge in [-0.2, -0.15) is 0 Å². The molecule has 0 atom stereocenters. The fourth-order valence-electron chi connectivity index (χ4n) is 3.20. The molecule has 0 saturated heterocycles. The van der Waals surface area contributed by atoms with Crippen molar-refractivity contribution in [1.82, 2.24) is 14.7 Å². The summed E-state index contributed by atoms with van der Waals surface area (Å²) in [6, 6.07) is 7.69. The molecule has 5 heteroatoms. The molecule has 130 valence electrons. The van der Waals surface area contributed by atoms with Crippen LogP contribution >= 0.6 is 0 Å². The van der Waals surface area contributed by atoms with Crippen LogP contribution in [0.3, 0.4) is 0 Å². The van der Waals surface area contributed by atoms with Gasteiger partial charge in [0.15, 0.2) is 0 Å². The van der Waals surface area contributed by atoms with E-state index in [-0.39, 0.29) is 5.91 Å². The summed E-state index contributed by atoms with van der Waals surface area (Å²) in [5.74, 6) is 0.624. The van der Waals surface area contributed by atoms with E-state index in [2.05, 4.69) is 18.3 Å². The highest BCUT2D eigenvalue weighted by Crippen LogP contribution is 2.34. The number of aryl methyl sites for hydroxylation is 1. The SMILES string of the molecule is C=CCOc1nn2c(c1C)-c1ccccc1C(=O)N(CC=C)CCC2. The van der Waals surface area contributed by atoms with Gasteiger partial charge in [-0.05, 0) is 19.4 Å². The highest BCUT2D eigenvalue weighted by atomic mass is 16.5. The number of hydrogen-bond donors (Lipinski definition) is 0. The topological polar surface area (TPSA) is 47.4 Å². The first kappa shape index (κ1) is 17.0. The Morgan fingerprint density at radius 2 is 1.96 bits per heavy atom. The highest BCUT2D eigenvalue weighted by molar-refractivity contribution is 6.01.